The zero-order valence-electron chi connectivity index (χ0n) is 16.3. The topological polar surface area (TPSA) is 23.6 Å². The first-order valence-electron chi connectivity index (χ1n) is 9.55. The molecule has 1 amide bonds. The van der Waals surface area contributed by atoms with Crippen LogP contribution in [0.2, 0.25) is 0 Å². The molecule has 2 aromatic carbocycles. The van der Waals surface area contributed by atoms with Gasteiger partial charge >= 0.3 is 0 Å². The standard InChI is InChI=1S/C22H26F2N2OS/c1-16(2)13-25(14-17-4-3-5-20(24)12-17)15-21(27)26-10-11-28-22(26)18-6-8-19(23)9-7-18/h3-9,12,16,22H,10-11,13-15H2,1-2H3/t22-/m1/s1. The fourth-order valence-electron chi connectivity index (χ4n) is 3.51. The maximum atomic E-state index is 13.5. The van der Waals surface area contributed by atoms with E-state index in [0.29, 0.717) is 19.0 Å². The fourth-order valence-corrected chi connectivity index (χ4v) is 4.78. The van der Waals surface area contributed by atoms with Gasteiger partial charge in [0.05, 0.1) is 6.54 Å². The third-order valence-corrected chi connectivity index (χ3v) is 5.90. The van der Waals surface area contributed by atoms with E-state index < -0.39 is 0 Å². The molecule has 0 N–H and O–H groups in total. The lowest BCUT2D eigenvalue weighted by molar-refractivity contribution is -0.132. The number of hydrogen-bond donors (Lipinski definition) is 0. The Hall–Kier alpha value is -1.92. The minimum absolute atomic E-state index is 0.0522. The van der Waals surface area contributed by atoms with Crippen LogP contribution >= 0.6 is 11.8 Å². The minimum atomic E-state index is -0.275. The monoisotopic (exact) mass is 404 g/mol. The second-order valence-electron chi connectivity index (χ2n) is 7.56. The molecule has 150 valence electrons. The van der Waals surface area contributed by atoms with Gasteiger partial charge in [-0.15, -0.1) is 11.8 Å². The Bertz CT molecular complexity index is 797. The summed E-state index contributed by atoms with van der Waals surface area (Å²) >= 11 is 1.70. The quantitative estimate of drug-likeness (QED) is 0.668. The Morgan fingerprint density at radius 3 is 2.61 bits per heavy atom. The van der Waals surface area contributed by atoms with E-state index in [1.165, 1.54) is 24.3 Å². The Labute approximate surface area is 169 Å². The zero-order chi connectivity index (χ0) is 20.1. The molecule has 0 saturated carbocycles. The maximum absolute atomic E-state index is 13.5. The average molecular weight is 405 g/mol. The summed E-state index contributed by atoms with van der Waals surface area (Å²) < 4.78 is 26.8. The van der Waals surface area contributed by atoms with Crippen LogP contribution in [0.25, 0.3) is 0 Å². The Kier molecular flexibility index (Phi) is 7.08. The van der Waals surface area contributed by atoms with Crippen LogP contribution in [0.1, 0.15) is 30.3 Å². The van der Waals surface area contributed by atoms with E-state index in [1.807, 2.05) is 11.0 Å². The van der Waals surface area contributed by atoms with Gasteiger partial charge in [0.1, 0.15) is 17.0 Å². The van der Waals surface area contributed by atoms with Gasteiger partial charge in [0.25, 0.3) is 0 Å². The SMILES string of the molecule is CC(C)CN(CC(=O)N1CCS[C@@H]1c1ccc(F)cc1)Cc1cccc(F)c1. The van der Waals surface area contributed by atoms with Gasteiger partial charge in [0.2, 0.25) is 5.91 Å². The van der Waals surface area contributed by atoms with E-state index in [4.69, 9.17) is 0 Å². The van der Waals surface area contributed by atoms with E-state index in [9.17, 15) is 13.6 Å². The molecular weight excluding hydrogens is 378 g/mol. The predicted molar refractivity (Wildman–Crippen MR) is 110 cm³/mol. The van der Waals surface area contributed by atoms with Gasteiger partial charge in [-0.1, -0.05) is 38.1 Å². The Balaban J connectivity index is 1.70. The molecular formula is C22H26F2N2OS. The fraction of sp³-hybridized carbons (Fsp3) is 0.409. The van der Waals surface area contributed by atoms with Crippen molar-refractivity contribution in [3.05, 3.63) is 71.3 Å². The third kappa shape index (κ3) is 5.55. The summed E-state index contributed by atoms with van der Waals surface area (Å²) in [5.74, 6) is 0.768. The molecule has 0 spiro atoms. The lowest BCUT2D eigenvalue weighted by Gasteiger charge is -2.29. The summed E-state index contributed by atoms with van der Waals surface area (Å²) in [6.07, 6.45) is 0. The number of halogens is 2. The summed E-state index contributed by atoms with van der Waals surface area (Å²) in [5.41, 5.74) is 1.80. The van der Waals surface area contributed by atoms with Crippen molar-refractivity contribution in [1.29, 1.82) is 0 Å². The van der Waals surface area contributed by atoms with Gasteiger partial charge in [-0.25, -0.2) is 8.78 Å². The summed E-state index contributed by atoms with van der Waals surface area (Å²) in [6, 6.07) is 12.9. The lowest BCUT2D eigenvalue weighted by atomic mass is 10.1. The molecule has 1 fully saturated rings. The second kappa shape index (κ2) is 9.52. The highest BCUT2D eigenvalue weighted by atomic mass is 32.2. The van der Waals surface area contributed by atoms with Gasteiger partial charge in [-0.05, 0) is 41.3 Å². The molecule has 0 unspecified atom stereocenters. The number of amides is 1. The van der Waals surface area contributed by atoms with Crippen molar-refractivity contribution < 1.29 is 13.6 Å². The third-order valence-electron chi connectivity index (χ3n) is 4.64. The summed E-state index contributed by atoms with van der Waals surface area (Å²) in [6.45, 7) is 6.47. The highest BCUT2D eigenvalue weighted by Crippen LogP contribution is 2.38. The van der Waals surface area contributed by atoms with Crippen molar-refractivity contribution in [2.45, 2.75) is 25.8 Å². The van der Waals surface area contributed by atoms with Gasteiger partial charge in [-0.3, -0.25) is 9.69 Å². The van der Waals surface area contributed by atoms with Crippen LogP contribution in [-0.2, 0) is 11.3 Å². The van der Waals surface area contributed by atoms with Crippen LogP contribution in [0.4, 0.5) is 8.78 Å². The molecule has 1 aliphatic heterocycles. The van der Waals surface area contributed by atoms with E-state index >= 15 is 0 Å². The summed E-state index contributed by atoms with van der Waals surface area (Å²) in [5, 5.41) is -0.0804. The van der Waals surface area contributed by atoms with Crippen molar-refractivity contribution >= 4 is 17.7 Å². The number of hydrogen-bond acceptors (Lipinski definition) is 3. The molecule has 1 atom stereocenters. The van der Waals surface area contributed by atoms with Crippen molar-refractivity contribution in [3.8, 4) is 0 Å². The largest absolute Gasteiger partial charge is 0.325 e. The molecule has 28 heavy (non-hydrogen) atoms. The normalized spacial score (nSPS) is 16.9. The second-order valence-corrected chi connectivity index (χ2v) is 8.74. The number of thioether (sulfide) groups is 1. The zero-order valence-corrected chi connectivity index (χ0v) is 17.1. The van der Waals surface area contributed by atoms with Gasteiger partial charge in [0.15, 0.2) is 0 Å². The first kappa shape index (κ1) is 20.8. The van der Waals surface area contributed by atoms with Gasteiger partial charge < -0.3 is 4.90 Å². The molecule has 1 heterocycles. The lowest BCUT2D eigenvalue weighted by Crippen LogP contribution is -2.41. The first-order chi connectivity index (χ1) is 13.4. The number of benzene rings is 2. The summed E-state index contributed by atoms with van der Waals surface area (Å²) in [7, 11) is 0. The Morgan fingerprint density at radius 1 is 1.18 bits per heavy atom. The van der Waals surface area contributed by atoms with E-state index in [0.717, 1.165) is 23.4 Å². The van der Waals surface area contributed by atoms with Crippen molar-refractivity contribution in [2.24, 2.45) is 5.92 Å². The smallest absolute Gasteiger partial charge is 0.237 e. The molecule has 1 aliphatic rings. The van der Waals surface area contributed by atoms with Crippen molar-refractivity contribution in [2.75, 3.05) is 25.4 Å². The molecule has 0 bridgehead atoms. The maximum Gasteiger partial charge on any atom is 0.237 e. The van der Waals surface area contributed by atoms with E-state index in [1.54, 1.807) is 30.0 Å². The summed E-state index contributed by atoms with van der Waals surface area (Å²) in [4.78, 5) is 17.0. The van der Waals surface area contributed by atoms with Gasteiger partial charge in [0, 0.05) is 25.4 Å². The first-order valence-corrected chi connectivity index (χ1v) is 10.6. The van der Waals surface area contributed by atoms with Crippen LogP contribution in [0.5, 0.6) is 0 Å². The van der Waals surface area contributed by atoms with Crippen LogP contribution in [0.3, 0.4) is 0 Å². The number of nitrogens with zero attached hydrogens (tertiary/aromatic N) is 2. The Morgan fingerprint density at radius 2 is 1.93 bits per heavy atom. The molecule has 0 aromatic heterocycles. The van der Waals surface area contributed by atoms with Crippen LogP contribution in [0, 0.1) is 17.6 Å². The number of carbonyl (C=O) groups excluding carboxylic acids is 1. The highest BCUT2D eigenvalue weighted by Gasteiger charge is 2.31. The number of rotatable bonds is 7. The average Bonchev–Trinajstić information content (AvgIpc) is 3.11. The molecule has 3 nitrogen and oxygen atoms in total. The highest BCUT2D eigenvalue weighted by molar-refractivity contribution is 7.99. The van der Waals surface area contributed by atoms with Gasteiger partial charge in [-0.2, -0.15) is 0 Å². The molecule has 6 heteroatoms. The minimum Gasteiger partial charge on any atom is -0.325 e. The molecule has 3 rings (SSSR count). The number of carbonyl (C=O) groups is 1. The van der Waals surface area contributed by atoms with Crippen LogP contribution in [0.15, 0.2) is 48.5 Å². The molecule has 1 saturated heterocycles. The van der Waals surface area contributed by atoms with E-state index in [2.05, 4.69) is 18.7 Å². The van der Waals surface area contributed by atoms with Crippen molar-refractivity contribution in [1.82, 2.24) is 9.80 Å². The van der Waals surface area contributed by atoms with Crippen molar-refractivity contribution in [3.63, 3.8) is 0 Å². The van der Waals surface area contributed by atoms with E-state index in [-0.39, 0.29) is 29.5 Å². The predicted octanol–water partition coefficient (Wildman–Crippen LogP) is 4.70. The van der Waals surface area contributed by atoms with Crippen LogP contribution in [-0.4, -0.2) is 41.1 Å². The molecule has 0 aliphatic carbocycles. The van der Waals surface area contributed by atoms with Crippen LogP contribution < -0.4 is 0 Å². The molecule has 0 radical (unpaired) electrons. The molecule has 2 aromatic rings.